The number of rotatable bonds is 6. The van der Waals surface area contributed by atoms with Crippen LogP contribution < -0.4 is 10.6 Å². The highest BCUT2D eigenvalue weighted by Crippen LogP contribution is 2.14. The van der Waals surface area contributed by atoms with Gasteiger partial charge in [0.1, 0.15) is 5.01 Å². The summed E-state index contributed by atoms with van der Waals surface area (Å²) in [6.07, 6.45) is 5.44. The van der Waals surface area contributed by atoms with Crippen LogP contribution in [0.3, 0.4) is 0 Å². The number of hydrogen-bond acceptors (Lipinski definition) is 4. The van der Waals surface area contributed by atoms with E-state index in [4.69, 9.17) is 0 Å². The van der Waals surface area contributed by atoms with E-state index in [0.29, 0.717) is 6.54 Å². The van der Waals surface area contributed by atoms with Crippen molar-refractivity contribution in [1.82, 2.24) is 25.4 Å². The summed E-state index contributed by atoms with van der Waals surface area (Å²) in [5.41, 5.74) is 2.22. The first-order valence-corrected chi connectivity index (χ1v) is 8.57. The first-order valence-electron chi connectivity index (χ1n) is 7.70. The average Bonchev–Trinajstić information content (AvgIpc) is 3.28. The van der Waals surface area contributed by atoms with Crippen LogP contribution >= 0.6 is 11.3 Å². The molecular formula is C17H19N5OS. The van der Waals surface area contributed by atoms with E-state index in [9.17, 15) is 4.79 Å². The summed E-state index contributed by atoms with van der Waals surface area (Å²) in [6.45, 7) is 3.15. The van der Waals surface area contributed by atoms with E-state index in [2.05, 4.69) is 32.8 Å². The van der Waals surface area contributed by atoms with Crippen LogP contribution in [0.5, 0.6) is 0 Å². The molecule has 0 aliphatic carbocycles. The first-order chi connectivity index (χ1) is 11.7. The highest BCUT2D eigenvalue weighted by molar-refractivity contribution is 7.09. The summed E-state index contributed by atoms with van der Waals surface area (Å²) in [4.78, 5) is 16.1. The molecule has 2 aromatic heterocycles. The monoisotopic (exact) mass is 341 g/mol. The number of carbonyl (C=O) groups excluding carboxylic acids is 1. The Hall–Kier alpha value is -2.67. The van der Waals surface area contributed by atoms with Crippen LogP contribution in [-0.2, 0) is 13.1 Å². The predicted molar refractivity (Wildman–Crippen MR) is 93.7 cm³/mol. The maximum Gasteiger partial charge on any atom is 0.315 e. The number of hydrogen-bond donors (Lipinski definition) is 2. The third-order valence-corrected chi connectivity index (χ3v) is 4.51. The standard InChI is InChI=1S/C17H19N5OS/c1-13(16-18-8-10-24-16)21-17(23)19-11-14-3-5-15(6-4-14)12-22-9-2-7-20-22/h2-10,13H,11-12H2,1H3,(H2,19,21,23)/t13-/m1/s1. The molecule has 2 heterocycles. The zero-order valence-corrected chi connectivity index (χ0v) is 14.2. The molecule has 3 aromatic rings. The zero-order chi connectivity index (χ0) is 16.8. The second-order valence-corrected chi connectivity index (χ2v) is 6.37. The quantitative estimate of drug-likeness (QED) is 0.724. The summed E-state index contributed by atoms with van der Waals surface area (Å²) in [5.74, 6) is 0. The van der Waals surface area contributed by atoms with Crippen LogP contribution in [0, 0.1) is 0 Å². The zero-order valence-electron chi connectivity index (χ0n) is 13.3. The van der Waals surface area contributed by atoms with Crippen LogP contribution in [0.15, 0.2) is 54.3 Å². The molecule has 2 amide bonds. The summed E-state index contributed by atoms with van der Waals surface area (Å²) < 4.78 is 1.88. The normalized spacial score (nSPS) is 11.9. The lowest BCUT2D eigenvalue weighted by Gasteiger charge is -2.12. The molecule has 0 unspecified atom stereocenters. The molecule has 3 rings (SSSR count). The molecular weight excluding hydrogens is 322 g/mol. The van der Waals surface area contributed by atoms with Crippen molar-refractivity contribution in [1.29, 1.82) is 0 Å². The van der Waals surface area contributed by atoms with E-state index >= 15 is 0 Å². The Bertz CT molecular complexity index is 753. The van der Waals surface area contributed by atoms with Crippen molar-refractivity contribution in [2.24, 2.45) is 0 Å². The average molecular weight is 341 g/mol. The third-order valence-electron chi connectivity index (χ3n) is 3.55. The van der Waals surface area contributed by atoms with Crippen molar-refractivity contribution in [3.63, 3.8) is 0 Å². The Morgan fingerprint density at radius 2 is 2.04 bits per heavy atom. The Kier molecular flexibility index (Phi) is 5.22. The van der Waals surface area contributed by atoms with Gasteiger partial charge in [0.05, 0.1) is 12.6 Å². The third kappa shape index (κ3) is 4.42. The van der Waals surface area contributed by atoms with E-state index < -0.39 is 0 Å². The summed E-state index contributed by atoms with van der Waals surface area (Å²) in [6, 6.07) is 9.75. The maximum absolute atomic E-state index is 11.9. The van der Waals surface area contributed by atoms with Gasteiger partial charge in [-0.15, -0.1) is 11.3 Å². The minimum atomic E-state index is -0.196. The van der Waals surface area contributed by atoms with Gasteiger partial charge in [0.25, 0.3) is 0 Å². The van der Waals surface area contributed by atoms with Crippen molar-refractivity contribution in [3.05, 3.63) is 70.4 Å². The highest BCUT2D eigenvalue weighted by Gasteiger charge is 2.11. The lowest BCUT2D eigenvalue weighted by molar-refractivity contribution is 0.237. The van der Waals surface area contributed by atoms with Gasteiger partial charge in [0, 0.05) is 30.5 Å². The lowest BCUT2D eigenvalue weighted by Crippen LogP contribution is -2.36. The Morgan fingerprint density at radius 3 is 2.71 bits per heavy atom. The molecule has 124 valence electrons. The van der Waals surface area contributed by atoms with Crippen molar-refractivity contribution in [3.8, 4) is 0 Å². The molecule has 2 N–H and O–H groups in total. The molecule has 0 radical (unpaired) electrons. The molecule has 0 saturated carbocycles. The minimum absolute atomic E-state index is 0.0959. The number of thiazole rings is 1. The number of aromatic nitrogens is 3. The van der Waals surface area contributed by atoms with Gasteiger partial charge >= 0.3 is 6.03 Å². The summed E-state index contributed by atoms with van der Waals surface area (Å²) in [7, 11) is 0. The van der Waals surface area contributed by atoms with Gasteiger partial charge in [-0.25, -0.2) is 9.78 Å². The van der Waals surface area contributed by atoms with Crippen molar-refractivity contribution >= 4 is 17.4 Å². The highest BCUT2D eigenvalue weighted by atomic mass is 32.1. The van der Waals surface area contributed by atoms with Gasteiger partial charge in [-0.05, 0) is 24.1 Å². The second kappa shape index (κ2) is 7.74. The molecule has 1 aromatic carbocycles. The van der Waals surface area contributed by atoms with E-state index in [1.54, 1.807) is 12.4 Å². The molecule has 1 atom stereocenters. The van der Waals surface area contributed by atoms with Crippen molar-refractivity contribution in [2.75, 3.05) is 0 Å². The molecule has 0 saturated heterocycles. The van der Waals surface area contributed by atoms with E-state index in [1.165, 1.54) is 16.9 Å². The van der Waals surface area contributed by atoms with Crippen LogP contribution in [0.2, 0.25) is 0 Å². The van der Waals surface area contributed by atoms with E-state index in [-0.39, 0.29) is 12.1 Å². The van der Waals surface area contributed by atoms with Gasteiger partial charge in [0.2, 0.25) is 0 Å². The number of urea groups is 1. The fraction of sp³-hybridized carbons (Fsp3) is 0.235. The van der Waals surface area contributed by atoms with Crippen molar-refractivity contribution < 1.29 is 4.79 Å². The van der Waals surface area contributed by atoms with Gasteiger partial charge in [-0.3, -0.25) is 4.68 Å². The Morgan fingerprint density at radius 1 is 1.25 bits per heavy atom. The van der Waals surface area contributed by atoms with Crippen LogP contribution in [-0.4, -0.2) is 20.8 Å². The van der Waals surface area contributed by atoms with Gasteiger partial charge in [-0.1, -0.05) is 24.3 Å². The van der Waals surface area contributed by atoms with Crippen LogP contribution in [0.25, 0.3) is 0 Å². The number of benzene rings is 1. The number of carbonyl (C=O) groups is 1. The maximum atomic E-state index is 11.9. The van der Waals surface area contributed by atoms with E-state index in [0.717, 1.165) is 17.1 Å². The SMILES string of the molecule is C[C@@H](NC(=O)NCc1ccc(Cn2cccn2)cc1)c1nccs1. The van der Waals surface area contributed by atoms with Crippen LogP contribution in [0.1, 0.15) is 29.1 Å². The number of nitrogens with one attached hydrogen (secondary N) is 2. The fourth-order valence-electron chi connectivity index (χ4n) is 2.28. The molecule has 0 spiro atoms. The van der Waals surface area contributed by atoms with Gasteiger partial charge < -0.3 is 10.6 Å². The smallest absolute Gasteiger partial charge is 0.315 e. The number of nitrogens with zero attached hydrogens (tertiary/aromatic N) is 3. The molecule has 0 fully saturated rings. The van der Waals surface area contributed by atoms with Gasteiger partial charge in [-0.2, -0.15) is 5.10 Å². The minimum Gasteiger partial charge on any atom is -0.334 e. The molecule has 7 heteroatoms. The number of amides is 2. The summed E-state index contributed by atoms with van der Waals surface area (Å²) >= 11 is 1.53. The Balaban J connectivity index is 1.46. The summed E-state index contributed by atoms with van der Waals surface area (Å²) in [5, 5.41) is 12.7. The topological polar surface area (TPSA) is 71.8 Å². The molecule has 0 aliphatic rings. The second-order valence-electron chi connectivity index (χ2n) is 5.44. The molecule has 24 heavy (non-hydrogen) atoms. The molecule has 6 nitrogen and oxygen atoms in total. The fourth-order valence-corrected chi connectivity index (χ4v) is 2.93. The predicted octanol–water partition coefficient (Wildman–Crippen LogP) is 2.95. The van der Waals surface area contributed by atoms with Crippen molar-refractivity contribution in [2.45, 2.75) is 26.1 Å². The molecule has 0 aliphatic heterocycles. The first kappa shape index (κ1) is 16.2. The van der Waals surface area contributed by atoms with Gasteiger partial charge in [0.15, 0.2) is 0 Å². The Labute approximate surface area is 144 Å². The molecule has 0 bridgehead atoms. The largest absolute Gasteiger partial charge is 0.334 e. The van der Waals surface area contributed by atoms with Crippen LogP contribution in [0.4, 0.5) is 4.79 Å². The van der Waals surface area contributed by atoms with E-state index in [1.807, 2.05) is 41.4 Å². The lowest BCUT2D eigenvalue weighted by atomic mass is 10.1.